The van der Waals surface area contributed by atoms with E-state index in [0.717, 1.165) is 5.56 Å². The molecule has 2 aromatic carbocycles. The smallest absolute Gasteiger partial charge is 0.287 e. The van der Waals surface area contributed by atoms with Gasteiger partial charge >= 0.3 is 0 Å². The number of rotatable bonds is 3. The molecule has 4 heteroatoms. The molecular weight excluding hydrogens is 269 g/mol. The molecule has 0 radical (unpaired) electrons. The van der Waals surface area contributed by atoms with Gasteiger partial charge in [-0.3, -0.25) is 4.79 Å². The first-order valence-corrected chi connectivity index (χ1v) is 6.66. The minimum Gasteiger partial charge on any atom is -0.451 e. The summed E-state index contributed by atoms with van der Waals surface area (Å²) in [5, 5.41) is 3.43. The van der Waals surface area contributed by atoms with Crippen molar-refractivity contribution in [2.45, 2.75) is 13.5 Å². The van der Waals surface area contributed by atoms with Crippen LogP contribution in [0.25, 0.3) is 11.0 Å². The number of hydrogen-bond acceptors (Lipinski definition) is 2. The molecule has 0 saturated heterocycles. The van der Waals surface area contributed by atoms with E-state index in [9.17, 15) is 9.18 Å². The molecule has 3 nitrogen and oxygen atoms in total. The van der Waals surface area contributed by atoms with Crippen LogP contribution in [-0.2, 0) is 6.54 Å². The van der Waals surface area contributed by atoms with E-state index in [-0.39, 0.29) is 17.5 Å². The van der Waals surface area contributed by atoms with E-state index in [0.29, 0.717) is 23.1 Å². The largest absolute Gasteiger partial charge is 0.451 e. The maximum absolute atomic E-state index is 13.3. The highest BCUT2D eigenvalue weighted by atomic mass is 19.1. The van der Waals surface area contributed by atoms with E-state index in [1.54, 1.807) is 6.92 Å². The minimum absolute atomic E-state index is 0.228. The number of aryl methyl sites for hydroxylation is 1. The molecular formula is C17H14FNO2. The lowest BCUT2D eigenvalue weighted by atomic mass is 10.1. The highest BCUT2D eigenvalue weighted by Crippen LogP contribution is 2.25. The molecule has 1 amide bonds. The maximum Gasteiger partial charge on any atom is 0.287 e. The zero-order valence-electron chi connectivity index (χ0n) is 11.5. The van der Waals surface area contributed by atoms with Crippen molar-refractivity contribution in [3.63, 3.8) is 0 Å². The van der Waals surface area contributed by atoms with Crippen LogP contribution in [-0.4, -0.2) is 5.91 Å². The summed E-state index contributed by atoms with van der Waals surface area (Å²) >= 11 is 0. The molecule has 3 rings (SSSR count). The summed E-state index contributed by atoms with van der Waals surface area (Å²) in [6.45, 7) is 2.17. The van der Waals surface area contributed by atoms with Crippen molar-refractivity contribution in [3.8, 4) is 0 Å². The van der Waals surface area contributed by atoms with Crippen LogP contribution in [0.2, 0.25) is 0 Å². The molecule has 0 spiro atoms. The number of furan rings is 1. The summed E-state index contributed by atoms with van der Waals surface area (Å²) in [6, 6.07) is 13.8. The van der Waals surface area contributed by atoms with Crippen LogP contribution in [0.3, 0.4) is 0 Å². The van der Waals surface area contributed by atoms with Crippen molar-refractivity contribution >= 4 is 16.9 Å². The third-order valence-electron chi connectivity index (χ3n) is 3.40. The second kappa shape index (κ2) is 5.40. The number of carbonyl (C=O) groups excluding carboxylic acids is 1. The van der Waals surface area contributed by atoms with E-state index in [1.165, 1.54) is 18.2 Å². The van der Waals surface area contributed by atoms with Crippen molar-refractivity contribution in [1.82, 2.24) is 5.32 Å². The van der Waals surface area contributed by atoms with Crippen LogP contribution in [0.15, 0.2) is 52.9 Å². The quantitative estimate of drug-likeness (QED) is 0.794. The van der Waals surface area contributed by atoms with Gasteiger partial charge in [0.2, 0.25) is 0 Å². The Morgan fingerprint density at radius 1 is 1.19 bits per heavy atom. The maximum atomic E-state index is 13.3. The fourth-order valence-electron chi connectivity index (χ4n) is 2.27. The van der Waals surface area contributed by atoms with Crippen LogP contribution in [0.5, 0.6) is 0 Å². The zero-order valence-corrected chi connectivity index (χ0v) is 11.5. The Kier molecular flexibility index (Phi) is 3.44. The zero-order chi connectivity index (χ0) is 14.8. The van der Waals surface area contributed by atoms with E-state index >= 15 is 0 Å². The van der Waals surface area contributed by atoms with Gasteiger partial charge in [0.25, 0.3) is 5.91 Å². The van der Waals surface area contributed by atoms with E-state index in [1.807, 2.05) is 30.3 Å². The van der Waals surface area contributed by atoms with Crippen LogP contribution < -0.4 is 5.32 Å². The Balaban J connectivity index is 1.83. The predicted octanol–water partition coefficient (Wildman–Crippen LogP) is 3.81. The van der Waals surface area contributed by atoms with Crippen molar-refractivity contribution in [3.05, 3.63) is 71.2 Å². The normalized spacial score (nSPS) is 10.8. The predicted molar refractivity (Wildman–Crippen MR) is 78.5 cm³/mol. The number of nitrogens with one attached hydrogen (secondary N) is 1. The average Bonchev–Trinajstić information content (AvgIpc) is 2.83. The first kappa shape index (κ1) is 13.4. The van der Waals surface area contributed by atoms with Crippen LogP contribution in [0.1, 0.15) is 21.7 Å². The second-order valence-corrected chi connectivity index (χ2v) is 4.86. The molecule has 0 aliphatic rings. The highest BCUT2D eigenvalue weighted by molar-refractivity contribution is 5.98. The molecule has 0 fully saturated rings. The summed E-state index contributed by atoms with van der Waals surface area (Å²) < 4.78 is 18.8. The molecule has 0 atom stereocenters. The molecule has 106 valence electrons. The Hall–Kier alpha value is -2.62. The third-order valence-corrected chi connectivity index (χ3v) is 3.40. The topological polar surface area (TPSA) is 42.2 Å². The van der Waals surface area contributed by atoms with E-state index < -0.39 is 0 Å². The fraction of sp³-hybridized carbons (Fsp3) is 0.118. The Bertz CT molecular complexity index is 793. The summed E-state index contributed by atoms with van der Waals surface area (Å²) in [7, 11) is 0. The van der Waals surface area contributed by atoms with Crippen LogP contribution in [0, 0.1) is 12.7 Å². The highest BCUT2D eigenvalue weighted by Gasteiger charge is 2.17. The molecule has 1 heterocycles. The number of fused-ring (bicyclic) bond motifs is 1. The Morgan fingerprint density at radius 3 is 2.71 bits per heavy atom. The van der Waals surface area contributed by atoms with Crippen molar-refractivity contribution in [1.29, 1.82) is 0 Å². The standard InChI is InChI=1S/C17H14FNO2/c1-11-14-9-13(18)7-8-15(14)21-16(11)17(20)19-10-12-5-3-2-4-6-12/h2-9H,10H2,1H3,(H,19,20). The van der Waals surface area contributed by atoms with Gasteiger partial charge in [-0.25, -0.2) is 4.39 Å². The fourth-order valence-corrected chi connectivity index (χ4v) is 2.27. The van der Waals surface area contributed by atoms with Gasteiger partial charge in [-0.15, -0.1) is 0 Å². The van der Waals surface area contributed by atoms with Gasteiger partial charge in [0.1, 0.15) is 11.4 Å². The molecule has 0 bridgehead atoms. The van der Waals surface area contributed by atoms with Crippen LogP contribution >= 0.6 is 0 Å². The molecule has 3 aromatic rings. The Morgan fingerprint density at radius 2 is 1.95 bits per heavy atom. The molecule has 0 aliphatic carbocycles. The lowest BCUT2D eigenvalue weighted by Gasteiger charge is -2.03. The van der Waals surface area contributed by atoms with Gasteiger partial charge in [-0.05, 0) is 30.7 Å². The number of hydrogen-bond donors (Lipinski definition) is 1. The van der Waals surface area contributed by atoms with Gasteiger partial charge in [0, 0.05) is 17.5 Å². The average molecular weight is 283 g/mol. The van der Waals surface area contributed by atoms with Crippen molar-refractivity contribution in [2.75, 3.05) is 0 Å². The number of halogens is 1. The SMILES string of the molecule is Cc1c(C(=O)NCc2ccccc2)oc2ccc(F)cc12. The lowest BCUT2D eigenvalue weighted by Crippen LogP contribution is -2.22. The monoisotopic (exact) mass is 283 g/mol. The Labute approximate surface area is 121 Å². The molecule has 0 saturated carbocycles. The lowest BCUT2D eigenvalue weighted by molar-refractivity contribution is 0.0924. The second-order valence-electron chi connectivity index (χ2n) is 4.86. The molecule has 0 aliphatic heterocycles. The van der Waals surface area contributed by atoms with Crippen molar-refractivity contribution in [2.24, 2.45) is 0 Å². The summed E-state index contributed by atoms with van der Waals surface area (Å²) in [4.78, 5) is 12.2. The number of benzene rings is 2. The van der Waals surface area contributed by atoms with Gasteiger partial charge < -0.3 is 9.73 Å². The minimum atomic E-state index is -0.345. The molecule has 1 aromatic heterocycles. The van der Waals surface area contributed by atoms with Gasteiger partial charge in [0.05, 0.1) is 0 Å². The van der Waals surface area contributed by atoms with Crippen LogP contribution in [0.4, 0.5) is 4.39 Å². The molecule has 1 N–H and O–H groups in total. The first-order valence-electron chi connectivity index (χ1n) is 6.66. The molecule has 0 unspecified atom stereocenters. The summed E-state index contributed by atoms with van der Waals surface area (Å²) in [5.41, 5.74) is 2.17. The third kappa shape index (κ3) is 2.65. The number of amides is 1. The van der Waals surface area contributed by atoms with Gasteiger partial charge in [0.15, 0.2) is 5.76 Å². The van der Waals surface area contributed by atoms with E-state index in [2.05, 4.69) is 5.32 Å². The molecule has 21 heavy (non-hydrogen) atoms. The van der Waals surface area contributed by atoms with Crippen molar-refractivity contribution < 1.29 is 13.6 Å². The summed E-state index contributed by atoms with van der Waals surface area (Å²) in [5.74, 6) is -0.415. The summed E-state index contributed by atoms with van der Waals surface area (Å²) in [6.07, 6.45) is 0. The first-order chi connectivity index (χ1) is 10.1. The van der Waals surface area contributed by atoms with E-state index in [4.69, 9.17) is 4.42 Å². The van der Waals surface area contributed by atoms with Gasteiger partial charge in [-0.2, -0.15) is 0 Å². The van der Waals surface area contributed by atoms with Gasteiger partial charge in [-0.1, -0.05) is 30.3 Å². The number of carbonyl (C=O) groups is 1.